The van der Waals surface area contributed by atoms with Gasteiger partial charge in [-0.25, -0.2) is 12.8 Å². The number of rotatable bonds is 3. The van der Waals surface area contributed by atoms with Crippen molar-refractivity contribution < 1.29 is 27.4 Å². The Hall–Kier alpha value is -2.28. The van der Waals surface area contributed by atoms with Gasteiger partial charge in [0, 0.05) is 16.9 Å². The third-order valence-electron chi connectivity index (χ3n) is 6.28. The maximum absolute atomic E-state index is 12.8. The van der Waals surface area contributed by atoms with E-state index in [1.54, 1.807) is 0 Å². The molecule has 0 saturated heterocycles. The quantitative estimate of drug-likeness (QED) is 0.540. The van der Waals surface area contributed by atoms with Gasteiger partial charge in [0.2, 0.25) is 10.0 Å². The first-order valence-corrected chi connectivity index (χ1v) is 12.8. The van der Waals surface area contributed by atoms with E-state index in [1.165, 1.54) is 12.1 Å². The van der Waals surface area contributed by atoms with Gasteiger partial charge in [-0.3, -0.25) is 9.52 Å². The second-order valence-electron chi connectivity index (χ2n) is 8.24. The zero-order valence-electron chi connectivity index (χ0n) is 15.9. The van der Waals surface area contributed by atoms with Crippen molar-refractivity contribution in [3.8, 4) is 0 Å². The molecule has 1 amide bonds. The summed E-state index contributed by atoms with van der Waals surface area (Å²) in [6.07, 6.45) is 3.87. The number of hydrogen-bond acceptors (Lipinski definition) is 8. The minimum Gasteiger partial charge on any atom is -0.778 e. The first-order chi connectivity index (χ1) is 14.0. The van der Waals surface area contributed by atoms with Crippen LogP contribution in [0.2, 0.25) is 0 Å². The number of amidine groups is 1. The van der Waals surface area contributed by atoms with E-state index in [1.807, 2.05) is 0 Å². The maximum Gasteiger partial charge on any atom is 0.258 e. The lowest BCUT2D eigenvalue weighted by molar-refractivity contribution is -0.119. The van der Waals surface area contributed by atoms with Crippen LogP contribution in [-0.4, -0.2) is 46.7 Å². The molecule has 5 rings (SSSR count). The lowest BCUT2D eigenvalue weighted by Crippen LogP contribution is -2.51. The van der Waals surface area contributed by atoms with Crippen molar-refractivity contribution in [1.82, 2.24) is 5.32 Å². The number of amides is 1. The van der Waals surface area contributed by atoms with Gasteiger partial charge in [0.1, 0.15) is 11.3 Å². The summed E-state index contributed by atoms with van der Waals surface area (Å²) in [5.74, 6) is -0.542. The van der Waals surface area contributed by atoms with E-state index in [0.717, 1.165) is 31.6 Å². The molecule has 1 aromatic rings. The number of aliphatic hydroxyl groups is 1. The van der Waals surface area contributed by atoms with Gasteiger partial charge in [0.25, 0.3) is 5.91 Å². The number of aliphatic hydroxyl groups excluding tert-OH is 1. The van der Waals surface area contributed by atoms with Crippen molar-refractivity contribution in [2.45, 2.75) is 30.2 Å². The summed E-state index contributed by atoms with van der Waals surface area (Å²) in [4.78, 5) is 12.5. The van der Waals surface area contributed by atoms with E-state index < -0.39 is 26.7 Å². The molecule has 2 bridgehead atoms. The van der Waals surface area contributed by atoms with Crippen LogP contribution in [-0.2, 0) is 14.8 Å². The number of carbonyl (C=O) groups excluding carboxylic acids is 1. The number of nitrogens with one attached hydrogen (secondary N) is 3. The molecule has 2 aliphatic carbocycles. The molecule has 162 valence electrons. The zero-order chi connectivity index (χ0) is 21.4. The highest BCUT2D eigenvalue weighted by atomic mass is 32.3. The van der Waals surface area contributed by atoms with Gasteiger partial charge in [-0.2, -0.15) is 0 Å². The van der Waals surface area contributed by atoms with Crippen LogP contribution >= 0.6 is 10.8 Å². The van der Waals surface area contributed by atoms with Crippen molar-refractivity contribution in [2.24, 2.45) is 22.2 Å². The summed E-state index contributed by atoms with van der Waals surface area (Å²) in [6, 6.07) is 3.80. The fraction of sp³-hybridized carbons (Fsp3) is 0.444. The number of carbonyl (C=O) groups is 1. The van der Waals surface area contributed by atoms with Gasteiger partial charge < -0.3 is 35.6 Å². The lowest BCUT2D eigenvalue weighted by Gasteiger charge is -2.57. The van der Waals surface area contributed by atoms with Crippen molar-refractivity contribution in [2.75, 3.05) is 16.3 Å². The first kappa shape index (κ1) is 19.7. The third kappa shape index (κ3) is 3.06. The first-order valence-electron chi connectivity index (χ1n) is 9.52. The van der Waals surface area contributed by atoms with Crippen molar-refractivity contribution >= 4 is 43.9 Å². The standard InChI is InChI=1S/C18H22N4O6S2/c1-29(25,26)21-10-4-5-11-12(7-10)30(27,28)22-17(19-11)14-16(23)13-8-2-3-9(6-8)15(13)20-18(14)24/h4-5,7-9,13,15,21,23,27-28H,2-3,6H2,1H3,(H,19,22)(H,20,24)/p-2/t8-,9+,13+,15-/m0/s1. The number of anilines is 2. The Labute approximate surface area is 175 Å². The van der Waals surface area contributed by atoms with Crippen LogP contribution in [0.5, 0.6) is 0 Å². The van der Waals surface area contributed by atoms with Crippen LogP contribution in [0.1, 0.15) is 19.3 Å². The summed E-state index contributed by atoms with van der Waals surface area (Å²) >= 11 is 0. The van der Waals surface area contributed by atoms with Gasteiger partial charge in [0.05, 0.1) is 17.6 Å². The van der Waals surface area contributed by atoms with E-state index in [2.05, 4.69) is 19.8 Å². The number of sulfonamides is 2. The van der Waals surface area contributed by atoms with Gasteiger partial charge in [-0.1, -0.05) is 0 Å². The molecule has 2 fully saturated rings. The molecule has 0 unspecified atom stereocenters. The van der Waals surface area contributed by atoms with Crippen LogP contribution < -0.4 is 15.4 Å². The molecule has 2 heterocycles. The average Bonchev–Trinajstić information content (AvgIpc) is 3.22. The highest BCUT2D eigenvalue weighted by Crippen LogP contribution is 2.57. The fourth-order valence-corrected chi connectivity index (χ4v) is 6.88. The summed E-state index contributed by atoms with van der Waals surface area (Å²) in [5, 5.41) is 16.6. The second kappa shape index (κ2) is 6.36. The minimum atomic E-state index is -4.23. The van der Waals surface area contributed by atoms with Gasteiger partial charge in [0.15, 0.2) is 5.84 Å². The van der Waals surface area contributed by atoms with E-state index in [9.17, 15) is 27.4 Å². The minimum absolute atomic E-state index is 0.0718. The van der Waals surface area contributed by atoms with Crippen molar-refractivity contribution in [1.29, 1.82) is 0 Å². The van der Waals surface area contributed by atoms with Crippen LogP contribution in [0.25, 0.3) is 0 Å². The molecule has 1 aromatic carbocycles. The molecular formula is C18H20N4O6S2-2. The number of hydrogen-bond donors (Lipinski definition) is 4. The summed E-state index contributed by atoms with van der Waals surface area (Å²) < 4.78 is 54.3. The molecule has 30 heavy (non-hydrogen) atoms. The van der Waals surface area contributed by atoms with Crippen LogP contribution in [0, 0.1) is 17.8 Å². The molecule has 4 N–H and O–H groups in total. The average molecular weight is 453 g/mol. The molecule has 4 aliphatic rings. The number of fused-ring (bicyclic) bond motifs is 6. The Morgan fingerprint density at radius 3 is 2.73 bits per heavy atom. The highest BCUT2D eigenvalue weighted by molar-refractivity contribution is 8.23. The molecule has 2 aliphatic heterocycles. The predicted molar refractivity (Wildman–Crippen MR) is 109 cm³/mol. The smallest absolute Gasteiger partial charge is 0.258 e. The van der Waals surface area contributed by atoms with Crippen molar-refractivity contribution in [3.05, 3.63) is 29.5 Å². The molecule has 0 aromatic heterocycles. The third-order valence-corrected chi connectivity index (χ3v) is 8.20. The van der Waals surface area contributed by atoms with Crippen LogP contribution in [0.15, 0.2) is 38.8 Å². The Kier molecular flexibility index (Phi) is 4.17. The number of nitrogens with zero attached hydrogens (tertiary/aromatic N) is 1. The van der Waals surface area contributed by atoms with Gasteiger partial charge in [-0.15, -0.1) is 0 Å². The Morgan fingerprint density at radius 1 is 1.27 bits per heavy atom. The molecule has 2 saturated carbocycles. The molecular weight excluding hydrogens is 432 g/mol. The molecule has 0 radical (unpaired) electrons. The molecule has 0 spiro atoms. The molecule has 10 nitrogen and oxygen atoms in total. The second-order valence-corrected chi connectivity index (χ2v) is 11.6. The monoisotopic (exact) mass is 452 g/mol. The SMILES string of the molecule is CS(=O)(=O)Nc1ccc2c(c1)S([O-])([O-])N=C(C1=C(O)[C@@H]3[C@H]4CC[C@H](C4)[C@@H]3NC1=O)N2. The largest absolute Gasteiger partial charge is 0.778 e. The summed E-state index contributed by atoms with van der Waals surface area (Å²) in [7, 11) is -7.82. The van der Waals surface area contributed by atoms with E-state index in [-0.39, 0.29) is 51.3 Å². The number of benzene rings is 1. The Bertz CT molecular complexity index is 1130. The zero-order valence-corrected chi connectivity index (χ0v) is 17.5. The highest BCUT2D eigenvalue weighted by Gasteiger charge is 2.53. The summed E-state index contributed by atoms with van der Waals surface area (Å²) in [6.45, 7) is 0. The van der Waals surface area contributed by atoms with Gasteiger partial charge in [-0.05, 0) is 49.3 Å². The van der Waals surface area contributed by atoms with E-state index >= 15 is 0 Å². The Balaban J connectivity index is 1.53. The maximum atomic E-state index is 12.8. The molecule has 12 heteroatoms. The van der Waals surface area contributed by atoms with Crippen LogP contribution in [0.4, 0.5) is 11.4 Å². The lowest BCUT2D eigenvalue weighted by atomic mass is 9.79. The normalized spacial score (nSPS) is 32.5. The van der Waals surface area contributed by atoms with Crippen molar-refractivity contribution in [3.63, 3.8) is 0 Å². The van der Waals surface area contributed by atoms with E-state index in [0.29, 0.717) is 5.92 Å². The predicted octanol–water partition coefficient (Wildman–Crippen LogP) is 1.58. The summed E-state index contributed by atoms with van der Waals surface area (Å²) in [5.41, 5.74) is 0.0566. The fourth-order valence-electron chi connectivity index (χ4n) is 5.17. The van der Waals surface area contributed by atoms with E-state index in [4.69, 9.17) is 0 Å². The van der Waals surface area contributed by atoms with Gasteiger partial charge >= 0.3 is 0 Å². The van der Waals surface area contributed by atoms with Crippen LogP contribution in [0.3, 0.4) is 0 Å². The molecule has 4 atom stereocenters. The topological polar surface area (TPSA) is 166 Å². The Morgan fingerprint density at radius 2 is 2.00 bits per heavy atom.